The van der Waals surface area contributed by atoms with Gasteiger partial charge in [-0.25, -0.2) is 0 Å². The highest BCUT2D eigenvalue weighted by molar-refractivity contribution is 6.31. The Morgan fingerprint density at radius 2 is 2.10 bits per heavy atom. The Kier molecular flexibility index (Phi) is 4.78. The summed E-state index contributed by atoms with van der Waals surface area (Å²) in [5.74, 6) is 0.546. The van der Waals surface area contributed by atoms with E-state index in [1.807, 2.05) is 24.3 Å². The van der Waals surface area contributed by atoms with Gasteiger partial charge in [-0.3, -0.25) is 9.69 Å². The number of hydrogen-bond donors (Lipinski definition) is 1. The lowest BCUT2D eigenvalue weighted by Crippen LogP contribution is -2.41. The summed E-state index contributed by atoms with van der Waals surface area (Å²) >= 11 is 6.18. The zero-order chi connectivity index (χ0) is 14.7. The number of carbonyl (C=O) groups excluding carboxylic acids is 1. The van der Waals surface area contributed by atoms with Crippen molar-refractivity contribution in [2.75, 3.05) is 39.4 Å². The zero-order valence-corrected chi connectivity index (χ0v) is 12.8. The van der Waals surface area contributed by atoms with Crippen molar-refractivity contribution in [2.24, 2.45) is 5.92 Å². The molecule has 1 saturated carbocycles. The van der Waals surface area contributed by atoms with Crippen molar-refractivity contribution in [3.8, 4) is 0 Å². The van der Waals surface area contributed by atoms with Gasteiger partial charge >= 0.3 is 0 Å². The topological polar surface area (TPSA) is 41.6 Å². The maximum atomic E-state index is 12.1. The number of nitrogens with zero attached hydrogens (tertiary/aromatic N) is 1. The first-order valence-corrected chi connectivity index (χ1v) is 7.96. The molecule has 21 heavy (non-hydrogen) atoms. The van der Waals surface area contributed by atoms with E-state index in [4.69, 9.17) is 16.3 Å². The molecule has 1 aliphatic heterocycles. The molecule has 2 unspecified atom stereocenters. The third-order valence-electron chi connectivity index (χ3n) is 4.26. The normalized spacial score (nSPS) is 25.6. The second kappa shape index (κ2) is 6.77. The third kappa shape index (κ3) is 3.76. The van der Waals surface area contributed by atoms with E-state index in [9.17, 15) is 4.79 Å². The fraction of sp³-hybridized carbons (Fsp3) is 0.562. The minimum absolute atomic E-state index is 0.0922. The van der Waals surface area contributed by atoms with Crippen LogP contribution >= 0.6 is 11.6 Å². The monoisotopic (exact) mass is 308 g/mol. The number of carbonyl (C=O) groups is 1. The first-order valence-electron chi connectivity index (χ1n) is 7.58. The van der Waals surface area contributed by atoms with Crippen LogP contribution in [0.5, 0.6) is 0 Å². The van der Waals surface area contributed by atoms with Gasteiger partial charge in [-0.1, -0.05) is 29.8 Å². The smallest absolute Gasteiger partial charge is 0.223 e. The minimum Gasteiger partial charge on any atom is -0.379 e. The van der Waals surface area contributed by atoms with Crippen LogP contribution in [-0.4, -0.2) is 50.2 Å². The Bertz CT molecular complexity index is 503. The zero-order valence-electron chi connectivity index (χ0n) is 12.1. The maximum absolute atomic E-state index is 12.1. The van der Waals surface area contributed by atoms with Gasteiger partial charge in [0.05, 0.1) is 13.2 Å². The van der Waals surface area contributed by atoms with Crippen LogP contribution in [0.4, 0.5) is 0 Å². The molecule has 0 radical (unpaired) electrons. The van der Waals surface area contributed by atoms with Crippen molar-refractivity contribution in [2.45, 2.75) is 12.3 Å². The van der Waals surface area contributed by atoms with Gasteiger partial charge in [0.2, 0.25) is 5.91 Å². The fourth-order valence-corrected chi connectivity index (χ4v) is 3.17. The molecule has 1 N–H and O–H groups in total. The molecule has 1 saturated heterocycles. The minimum atomic E-state index is 0.0922. The Hall–Kier alpha value is -1.10. The van der Waals surface area contributed by atoms with Crippen LogP contribution in [-0.2, 0) is 9.53 Å². The van der Waals surface area contributed by atoms with Gasteiger partial charge in [-0.2, -0.15) is 0 Å². The lowest BCUT2D eigenvalue weighted by atomic mass is 10.1. The number of benzene rings is 1. The molecule has 1 aliphatic carbocycles. The van der Waals surface area contributed by atoms with Crippen molar-refractivity contribution in [3.63, 3.8) is 0 Å². The molecule has 0 bridgehead atoms. The van der Waals surface area contributed by atoms with Crippen molar-refractivity contribution < 1.29 is 9.53 Å². The van der Waals surface area contributed by atoms with Crippen molar-refractivity contribution in [1.82, 2.24) is 10.2 Å². The van der Waals surface area contributed by atoms with Crippen LogP contribution in [0.25, 0.3) is 0 Å². The summed E-state index contributed by atoms with van der Waals surface area (Å²) in [6.45, 7) is 5.13. The number of rotatable bonds is 5. The van der Waals surface area contributed by atoms with Crippen LogP contribution in [0.2, 0.25) is 5.02 Å². The predicted octanol–water partition coefficient (Wildman–Crippen LogP) is 1.89. The number of nitrogens with one attached hydrogen (secondary N) is 1. The molecule has 2 aliphatic rings. The molecule has 0 aromatic heterocycles. The maximum Gasteiger partial charge on any atom is 0.223 e. The second-order valence-electron chi connectivity index (χ2n) is 5.72. The average molecular weight is 309 g/mol. The molecular formula is C16H21ClN2O2. The summed E-state index contributed by atoms with van der Waals surface area (Å²) < 4.78 is 5.31. The first kappa shape index (κ1) is 14.8. The van der Waals surface area contributed by atoms with Crippen LogP contribution in [0.1, 0.15) is 17.9 Å². The second-order valence-corrected chi connectivity index (χ2v) is 6.12. The molecule has 4 nitrogen and oxygen atoms in total. The molecule has 1 aromatic rings. The van der Waals surface area contributed by atoms with Crippen molar-refractivity contribution in [1.29, 1.82) is 0 Å². The summed E-state index contributed by atoms with van der Waals surface area (Å²) in [5, 5.41) is 3.82. The molecule has 1 heterocycles. The quantitative estimate of drug-likeness (QED) is 0.903. The molecular weight excluding hydrogens is 288 g/mol. The number of amides is 1. The first-order chi connectivity index (χ1) is 10.3. The number of ether oxygens (including phenoxy) is 1. The summed E-state index contributed by atoms with van der Waals surface area (Å²) in [4.78, 5) is 14.5. The fourth-order valence-electron chi connectivity index (χ4n) is 2.90. The van der Waals surface area contributed by atoms with Gasteiger partial charge in [0.25, 0.3) is 0 Å². The highest BCUT2D eigenvalue weighted by Gasteiger charge is 2.44. The Balaban J connectivity index is 1.42. The van der Waals surface area contributed by atoms with E-state index < -0.39 is 0 Å². The molecule has 114 valence electrons. The van der Waals surface area contributed by atoms with E-state index >= 15 is 0 Å². The Morgan fingerprint density at radius 3 is 2.86 bits per heavy atom. The van der Waals surface area contributed by atoms with E-state index in [2.05, 4.69) is 10.2 Å². The molecule has 3 rings (SSSR count). The Labute approximate surface area is 130 Å². The number of halogens is 1. The Morgan fingerprint density at radius 1 is 1.33 bits per heavy atom. The van der Waals surface area contributed by atoms with E-state index in [1.165, 1.54) is 0 Å². The molecule has 2 fully saturated rings. The van der Waals surface area contributed by atoms with E-state index in [1.54, 1.807) is 0 Å². The molecule has 2 atom stereocenters. The highest BCUT2D eigenvalue weighted by Crippen LogP contribution is 2.49. The highest BCUT2D eigenvalue weighted by atomic mass is 35.5. The van der Waals surface area contributed by atoms with Gasteiger partial charge in [0.1, 0.15) is 0 Å². The summed E-state index contributed by atoms with van der Waals surface area (Å²) in [5.41, 5.74) is 1.10. The van der Waals surface area contributed by atoms with Gasteiger partial charge in [0.15, 0.2) is 0 Å². The van der Waals surface area contributed by atoms with Crippen LogP contribution in [0.15, 0.2) is 24.3 Å². The summed E-state index contributed by atoms with van der Waals surface area (Å²) in [7, 11) is 0. The lowest BCUT2D eigenvalue weighted by Gasteiger charge is -2.26. The van der Waals surface area contributed by atoms with Gasteiger partial charge in [-0.15, -0.1) is 0 Å². The average Bonchev–Trinajstić information content (AvgIpc) is 3.29. The van der Waals surface area contributed by atoms with Crippen LogP contribution in [0, 0.1) is 5.92 Å². The largest absolute Gasteiger partial charge is 0.379 e. The van der Waals surface area contributed by atoms with Crippen molar-refractivity contribution in [3.05, 3.63) is 34.9 Å². The molecule has 0 spiro atoms. The van der Waals surface area contributed by atoms with Crippen LogP contribution in [0.3, 0.4) is 0 Å². The summed E-state index contributed by atoms with van der Waals surface area (Å²) in [6, 6.07) is 7.81. The van der Waals surface area contributed by atoms with E-state index in [0.29, 0.717) is 12.5 Å². The van der Waals surface area contributed by atoms with E-state index in [-0.39, 0.29) is 11.8 Å². The third-order valence-corrected chi connectivity index (χ3v) is 4.61. The summed E-state index contributed by atoms with van der Waals surface area (Å²) in [6.07, 6.45) is 0.910. The molecule has 1 amide bonds. The van der Waals surface area contributed by atoms with Crippen molar-refractivity contribution >= 4 is 17.5 Å². The van der Waals surface area contributed by atoms with E-state index in [0.717, 1.165) is 49.9 Å². The van der Waals surface area contributed by atoms with Crippen LogP contribution < -0.4 is 5.32 Å². The van der Waals surface area contributed by atoms with Gasteiger partial charge in [0, 0.05) is 37.1 Å². The lowest BCUT2D eigenvalue weighted by molar-refractivity contribution is -0.122. The SMILES string of the molecule is O=C(NCCN1CCOCC1)C1CC1c1ccccc1Cl. The van der Waals surface area contributed by atoms with Gasteiger partial charge in [-0.05, 0) is 24.0 Å². The van der Waals surface area contributed by atoms with Gasteiger partial charge < -0.3 is 10.1 Å². The predicted molar refractivity (Wildman–Crippen MR) is 82.6 cm³/mol. The number of hydrogen-bond acceptors (Lipinski definition) is 3. The molecule has 1 aromatic carbocycles. The molecule has 5 heteroatoms. The standard InChI is InChI=1S/C16H21ClN2O2/c17-15-4-2-1-3-12(15)13-11-14(13)16(20)18-5-6-19-7-9-21-10-8-19/h1-4,13-14H,5-11H2,(H,18,20). The number of morpholine rings is 1.